The van der Waals surface area contributed by atoms with Gasteiger partial charge in [0.25, 0.3) is 0 Å². The van der Waals surface area contributed by atoms with Gasteiger partial charge < -0.3 is 5.32 Å². The van der Waals surface area contributed by atoms with Crippen LogP contribution >= 0.6 is 23.4 Å². The molecule has 3 N–H and O–H groups in total. The van der Waals surface area contributed by atoms with Gasteiger partial charge in [0.05, 0.1) is 17.4 Å². The van der Waals surface area contributed by atoms with Crippen molar-refractivity contribution in [3.8, 4) is 0 Å². The van der Waals surface area contributed by atoms with E-state index in [2.05, 4.69) is 23.1 Å². The summed E-state index contributed by atoms with van der Waals surface area (Å²) in [5, 5.41) is 3.99. The standard InChI is InChI=1S/C22H24ClN5O2S/c1-3-14-7-9-15(10-8-14)28-21(30)16-11-24-27-20(16)26-22(28)31-12-19(29)25-18-6-4-5-17(23)13(18)2/h4-10,16,20,24,27H,3,11-12H2,1-2H3,(H,25,29). The highest BCUT2D eigenvalue weighted by Crippen LogP contribution is 2.30. The monoisotopic (exact) mass is 457 g/mol. The lowest BCUT2D eigenvalue weighted by Gasteiger charge is -2.32. The van der Waals surface area contributed by atoms with Crippen LogP contribution in [0.2, 0.25) is 5.02 Å². The Bertz CT molecular complexity index is 1030. The zero-order valence-corrected chi connectivity index (χ0v) is 18.9. The molecule has 2 aromatic rings. The number of amidine groups is 1. The molecule has 2 amide bonds. The van der Waals surface area contributed by atoms with Crippen molar-refractivity contribution in [2.24, 2.45) is 10.9 Å². The van der Waals surface area contributed by atoms with Crippen LogP contribution in [0.25, 0.3) is 0 Å². The molecule has 2 aromatic carbocycles. The van der Waals surface area contributed by atoms with Crippen LogP contribution < -0.4 is 21.1 Å². The summed E-state index contributed by atoms with van der Waals surface area (Å²) in [5.74, 6) is -0.383. The summed E-state index contributed by atoms with van der Waals surface area (Å²) in [6.45, 7) is 4.46. The molecule has 2 atom stereocenters. The number of carbonyl (C=O) groups is 2. The van der Waals surface area contributed by atoms with E-state index in [9.17, 15) is 9.59 Å². The highest BCUT2D eigenvalue weighted by atomic mass is 35.5. The third kappa shape index (κ3) is 4.62. The first kappa shape index (κ1) is 21.8. The summed E-state index contributed by atoms with van der Waals surface area (Å²) in [7, 11) is 0. The average molecular weight is 458 g/mol. The van der Waals surface area contributed by atoms with Crippen LogP contribution in [0.15, 0.2) is 47.5 Å². The summed E-state index contributed by atoms with van der Waals surface area (Å²) in [6.07, 6.45) is 0.588. The molecule has 31 heavy (non-hydrogen) atoms. The van der Waals surface area contributed by atoms with Crippen LogP contribution in [0.4, 0.5) is 11.4 Å². The number of aryl methyl sites for hydroxylation is 1. The molecule has 162 valence electrons. The zero-order chi connectivity index (χ0) is 22.0. The fraction of sp³-hybridized carbons (Fsp3) is 0.318. The lowest BCUT2D eigenvalue weighted by Crippen LogP contribution is -2.49. The fourth-order valence-electron chi connectivity index (χ4n) is 3.55. The molecule has 2 aliphatic rings. The number of nitrogens with one attached hydrogen (secondary N) is 3. The Balaban J connectivity index is 1.52. The number of hydrazine groups is 1. The molecule has 2 unspecified atom stereocenters. The number of thioether (sulfide) groups is 1. The second kappa shape index (κ2) is 9.40. The molecule has 7 nitrogen and oxygen atoms in total. The van der Waals surface area contributed by atoms with Crippen molar-refractivity contribution in [3.05, 3.63) is 58.6 Å². The molecule has 2 aliphatic heterocycles. The number of carbonyl (C=O) groups excluding carboxylic acids is 2. The third-order valence-corrected chi connectivity index (χ3v) is 6.77. The van der Waals surface area contributed by atoms with Crippen LogP contribution in [0.5, 0.6) is 0 Å². The van der Waals surface area contributed by atoms with E-state index in [4.69, 9.17) is 16.6 Å². The zero-order valence-electron chi connectivity index (χ0n) is 17.3. The van der Waals surface area contributed by atoms with Crippen LogP contribution in [0.3, 0.4) is 0 Å². The molecule has 0 aromatic heterocycles. The van der Waals surface area contributed by atoms with Gasteiger partial charge in [-0.1, -0.05) is 48.5 Å². The molecular formula is C22H24ClN5O2S. The molecule has 2 heterocycles. The number of rotatable bonds is 5. The number of anilines is 2. The van der Waals surface area contributed by atoms with Crippen molar-refractivity contribution < 1.29 is 9.59 Å². The van der Waals surface area contributed by atoms with Gasteiger partial charge in [-0.15, -0.1) is 0 Å². The topological polar surface area (TPSA) is 85.8 Å². The van der Waals surface area contributed by atoms with Crippen LogP contribution in [-0.4, -0.2) is 35.4 Å². The fourth-order valence-corrected chi connectivity index (χ4v) is 4.57. The second-order valence-corrected chi connectivity index (χ2v) is 8.78. The molecule has 0 spiro atoms. The van der Waals surface area contributed by atoms with Crippen molar-refractivity contribution in [2.75, 3.05) is 22.5 Å². The van der Waals surface area contributed by atoms with E-state index in [1.54, 1.807) is 17.0 Å². The SMILES string of the molecule is CCc1ccc(N2C(=O)C3CNNC3N=C2SCC(=O)Nc2cccc(Cl)c2C)cc1. The first-order valence-electron chi connectivity index (χ1n) is 10.1. The Hall–Kier alpha value is -2.39. The van der Waals surface area contributed by atoms with Gasteiger partial charge in [-0.25, -0.2) is 10.4 Å². The summed E-state index contributed by atoms with van der Waals surface area (Å²) in [6, 6.07) is 13.3. The molecule has 1 saturated heterocycles. The molecule has 0 saturated carbocycles. The van der Waals surface area contributed by atoms with Crippen LogP contribution in [0.1, 0.15) is 18.1 Å². The van der Waals surface area contributed by atoms with Gasteiger partial charge in [0.2, 0.25) is 11.8 Å². The van der Waals surface area contributed by atoms with E-state index in [0.717, 1.165) is 17.7 Å². The second-order valence-electron chi connectivity index (χ2n) is 7.43. The Labute approximate surface area is 190 Å². The van der Waals surface area contributed by atoms with E-state index in [1.807, 2.05) is 37.3 Å². The Morgan fingerprint density at radius 1 is 1.29 bits per heavy atom. The van der Waals surface area contributed by atoms with Gasteiger partial charge in [-0.2, -0.15) is 0 Å². The van der Waals surface area contributed by atoms with E-state index in [1.165, 1.54) is 17.3 Å². The Morgan fingerprint density at radius 3 is 2.81 bits per heavy atom. The Kier molecular flexibility index (Phi) is 6.62. The number of fused-ring (bicyclic) bond motifs is 1. The number of benzene rings is 2. The summed E-state index contributed by atoms with van der Waals surface area (Å²) < 4.78 is 0. The minimum absolute atomic E-state index is 0.0321. The van der Waals surface area contributed by atoms with Crippen molar-refractivity contribution in [3.63, 3.8) is 0 Å². The average Bonchev–Trinajstić information content (AvgIpc) is 3.25. The van der Waals surface area contributed by atoms with Gasteiger partial charge >= 0.3 is 0 Å². The van der Waals surface area contributed by atoms with E-state index >= 15 is 0 Å². The normalized spacial score (nSPS) is 20.4. The minimum atomic E-state index is -0.334. The predicted molar refractivity (Wildman–Crippen MR) is 126 cm³/mol. The van der Waals surface area contributed by atoms with Gasteiger partial charge in [0.1, 0.15) is 6.17 Å². The summed E-state index contributed by atoms with van der Waals surface area (Å²) in [5.41, 5.74) is 9.48. The van der Waals surface area contributed by atoms with Crippen molar-refractivity contribution in [1.29, 1.82) is 0 Å². The first-order chi connectivity index (χ1) is 15.0. The van der Waals surface area contributed by atoms with Gasteiger partial charge in [-0.05, 0) is 48.7 Å². The number of hydrogen-bond acceptors (Lipinski definition) is 6. The first-order valence-corrected chi connectivity index (χ1v) is 11.5. The van der Waals surface area contributed by atoms with Gasteiger partial charge in [0, 0.05) is 17.3 Å². The molecule has 4 rings (SSSR count). The van der Waals surface area contributed by atoms with Crippen LogP contribution in [-0.2, 0) is 16.0 Å². The van der Waals surface area contributed by atoms with Crippen LogP contribution in [0, 0.1) is 12.8 Å². The molecule has 0 bridgehead atoms. The minimum Gasteiger partial charge on any atom is -0.325 e. The van der Waals surface area contributed by atoms with Gasteiger partial charge in [0.15, 0.2) is 5.17 Å². The maximum Gasteiger partial charge on any atom is 0.241 e. The number of amides is 2. The predicted octanol–water partition coefficient (Wildman–Crippen LogP) is 3.34. The number of hydrogen-bond donors (Lipinski definition) is 3. The molecule has 9 heteroatoms. The number of aliphatic imine (C=N–C) groups is 1. The Morgan fingerprint density at radius 2 is 2.06 bits per heavy atom. The lowest BCUT2D eigenvalue weighted by molar-refractivity contribution is -0.121. The molecule has 0 aliphatic carbocycles. The summed E-state index contributed by atoms with van der Waals surface area (Å²) >= 11 is 7.38. The third-order valence-electron chi connectivity index (χ3n) is 5.41. The maximum atomic E-state index is 13.2. The smallest absolute Gasteiger partial charge is 0.241 e. The maximum absolute atomic E-state index is 13.2. The number of halogens is 1. The van der Waals surface area contributed by atoms with E-state index < -0.39 is 0 Å². The van der Waals surface area contributed by atoms with Crippen molar-refractivity contribution in [1.82, 2.24) is 10.9 Å². The largest absolute Gasteiger partial charge is 0.325 e. The quantitative estimate of drug-likeness (QED) is 0.641. The lowest BCUT2D eigenvalue weighted by atomic mass is 10.0. The highest BCUT2D eigenvalue weighted by molar-refractivity contribution is 8.14. The number of nitrogens with zero attached hydrogens (tertiary/aromatic N) is 2. The van der Waals surface area contributed by atoms with E-state index in [0.29, 0.717) is 22.4 Å². The molecular weight excluding hydrogens is 434 g/mol. The highest BCUT2D eigenvalue weighted by Gasteiger charge is 2.42. The van der Waals surface area contributed by atoms with Gasteiger partial charge in [-0.3, -0.25) is 19.9 Å². The summed E-state index contributed by atoms with van der Waals surface area (Å²) in [4.78, 5) is 32.2. The van der Waals surface area contributed by atoms with E-state index in [-0.39, 0.29) is 29.7 Å². The molecule has 1 fully saturated rings. The molecule has 0 radical (unpaired) electrons. The van der Waals surface area contributed by atoms with Crippen molar-refractivity contribution in [2.45, 2.75) is 26.4 Å². The van der Waals surface area contributed by atoms with Crippen molar-refractivity contribution >= 4 is 51.7 Å².